The lowest BCUT2D eigenvalue weighted by Crippen LogP contribution is -2.35. The molecular formula is C27H30N2O5S. The predicted molar refractivity (Wildman–Crippen MR) is 134 cm³/mol. The lowest BCUT2D eigenvalue weighted by Gasteiger charge is -2.25. The highest BCUT2D eigenvalue weighted by molar-refractivity contribution is 7.89. The molecule has 0 unspecified atom stereocenters. The number of hydrogen-bond acceptors (Lipinski definition) is 5. The van der Waals surface area contributed by atoms with Crippen LogP contribution in [0, 0.1) is 0 Å². The lowest BCUT2D eigenvalue weighted by atomic mass is 10.2. The molecule has 1 N–H and O–H groups in total. The van der Waals surface area contributed by atoms with Gasteiger partial charge in [-0.25, -0.2) is 8.42 Å². The average molecular weight is 495 g/mol. The number of benzene rings is 3. The average Bonchev–Trinajstić information content (AvgIpc) is 2.91. The van der Waals surface area contributed by atoms with Gasteiger partial charge in [0.15, 0.2) is 0 Å². The van der Waals surface area contributed by atoms with E-state index < -0.39 is 10.0 Å². The lowest BCUT2D eigenvalue weighted by molar-refractivity contribution is 0.0946. The molecule has 1 aliphatic heterocycles. The molecule has 3 aromatic rings. The minimum Gasteiger partial charge on any atom is -0.492 e. The number of hydrogen-bond donors (Lipinski definition) is 1. The summed E-state index contributed by atoms with van der Waals surface area (Å²) in [4.78, 5) is 12.8. The summed E-state index contributed by atoms with van der Waals surface area (Å²) in [5, 5.41) is 2.83. The number of nitrogens with one attached hydrogen (secondary N) is 1. The Hall–Kier alpha value is -3.36. The van der Waals surface area contributed by atoms with E-state index in [1.54, 1.807) is 46.8 Å². The molecule has 0 bridgehead atoms. The Balaban J connectivity index is 1.22. The molecule has 35 heavy (non-hydrogen) atoms. The van der Waals surface area contributed by atoms with Gasteiger partial charge in [-0.15, -0.1) is 0 Å². The summed E-state index contributed by atoms with van der Waals surface area (Å²) in [6.07, 6.45) is 2.87. The maximum absolute atomic E-state index is 12.7. The maximum atomic E-state index is 12.7. The second kappa shape index (κ2) is 11.9. The molecule has 4 rings (SSSR count). The molecule has 0 aliphatic carbocycles. The number of sulfonamides is 1. The summed E-state index contributed by atoms with van der Waals surface area (Å²) in [5.41, 5.74) is 1.56. The molecule has 0 spiro atoms. The van der Waals surface area contributed by atoms with Crippen LogP contribution in [-0.4, -0.2) is 44.9 Å². The molecule has 1 aliphatic rings. The van der Waals surface area contributed by atoms with Crippen LogP contribution in [0.1, 0.15) is 35.2 Å². The van der Waals surface area contributed by atoms with E-state index in [4.69, 9.17) is 9.47 Å². The Morgan fingerprint density at radius 1 is 0.829 bits per heavy atom. The molecule has 1 saturated heterocycles. The second-order valence-electron chi connectivity index (χ2n) is 8.34. The van der Waals surface area contributed by atoms with Crippen LogP contribution in [0.15, 0.2) is 83.8 Å². The first kappa shape index (κ1) is 24.8. The van der Waals surface area contributed by atoms with Gasteiger partial charge in [-0.3, -0.25) is 4.79 Å². The highest BCUT2D eigenvalue weighted by atomic mass is 32.2. The number of carbonyl (C=O) groups excluding carboxylic acids is 1. The summed E-state index contributed by atoms with van der Waals surface area (Å²) < 4.78 is 38.5. The van der Waals surface area contributed by atoms with Crippen molar-refractivity contribution in [1.82, 2.24) is 9.62 Å². The molecule has 0 radical (unpaired) electrons. The predicted octanol–water partition coefficient (Wildman–Crippen LogP) is 4.25. The van der Waals surface area contributed by atoms with Gasteiger partial charge in [-0.2, -0.15) is 4.31 Å². The molecule has 8 heteroatoms. The van der Waals surface area contributed by atoms with Crippen molar-refractivity contribution >= 4 is 15.9 Å². The Bertz CT molecular complexity index is 1210. The molecule has 3 aromatic carbocycles. The quantitative estimate of drug-likeness (QED) is 0.426. The number of ether oxygens (including phenoxy) is 2. The zero-order valence-electron chi connectivity index (χ0n) is 19.6. The van der Waals surface area contributed by atoms with Crippen LogP contribution in [-0.2, 0) is 16.6 Å². The molecule has 0 saturated carbocycles. The van der Waals surface area contributed by atoms with Crippen LogP contribution in [0.25, 0.3) is 0 Å². The Morgan fingerprint density at radius 2 is 1.57 bits per heavy atom. The minimum atomic E-state index is -3.46. The number of amides is 1. The second-order valence-corrected chi connectivity index (χ2v) is 10.3. The molecule has 0 atom stereocenters. The summed E-state index contributed by atoms with van der Waals surface area (Å²) in [7, 11) is -3.46. The largest absolute Gasteiger partial charge is 0.492 e. The van der Waals surface area contributed by atoms with Crippen molar-refractivity contribution in [3.05, 3.63) is 90.0 Å². The highest BCUT2D eigenvalue weighted by Crippen LogP contribution is 2.22. The van der Waals surface area contributed by atoms with Crippen molar-refractivity contribution < 1.29 is 22.7 Å². The Labute approximate surface area is 206 Å². The molecule has 0 aromatic heterocycles. The number of piperidine rings is 1. The van der Waals surface area contributed by atoms with Gasteiger partial charge in [-0.05, 0) is 60.9 Å². The number of nitrogens with zero attached hydrogens (tertiary/aromatic N) is 1. The molecule has 7 nitrogen and oxygen atoms in total. The highest BCUT2D eigenvalue weighted by Gasteiger charge is 2.25. The van der Waals surface area contributed by atoms with E-state index in [2.05, 4.69) is 5.32 Å². The van der Waals surface area contributed by atoms with Crippen molar-refractivity contribution in [2.24, 2.45) is 0 Å². The Morgan fingerprint density at radius 3 is 2.31 bits per heavy atom. The van der Waals surface area contributed by atoms with Crippen LogP contribution in [0.5, 0.6) is 11.5 Å². The fourth-order valence-electron chi connectivity index (χ4n) is 3.87. The van der Waals surface area contributed by atoms with Crippen molar-refractivity contribution in [3.63, 3.8) is 0 Å². The van der Waals surface area contributed by atoms with E-state index in [0.29, 0.717) is 43.3 Å². The smallest absolute Gasteiger partial charge is 0.251 e. The van der Waals surface area contributed by atoms with Crippen molar-refractivity contribution in [2.75, 3.05) is 26.2 Å². The SMILES string of the molecule is O=C(NCCOc1ccc(S(=O)(=O)N2CCCCC2)cc1)c1cccc(OCc2ccccc2)c1. The summed E-state index contributed by atoms with van der Waals surface area (Å²) >= 11 is 0. The third-order valence-electron chi connectivity index (χ3n) is 5.78. The van der Waals surface area contributed by atoms with Gasteiger partial charge >= 0.3 is 0 Å². The molecule has 1 heterocycles. The van der Waals surface area contributed by atoms with E-state index >= 15 is 0 Å². The number of carbonyl (C=O) groups is 1. The van der Waals surface area contributed by atoms with Gasteiger partial charge in [0, 0.05) is 18.7 Å². The topological polar surface area (TPSA) is 84.9 Å². The number of rotatable bonds is 10. The zero-order chi connectivity index (χ0) is 24.5. The molecule has 184 valence electrons. The first-order chi connectivity index (χ1) is 17.0. The van der Waals surface area contributed by atoms with E-state index in [1.165, 1.54) is 0 Å². The van der Waals surface area contributed by atoms with E-state index in [9.17, 15) is 13.2 Å². The maximum Gasteiger partial charge on any atom is 0.251 e. The first-order valence-corrected chi connectivity index (χ1v) is 13.2. The van der Waals surface area contributed by atoms with Crippen LogP contribution in [0.3, 0.4) is 0 Å². The molecule has 1 fully saturated rings. The summed E-state index contributed by atoms with van der Waals surface area (Å²) in [6.45, 7) is 2.14. The van der Waals surface area contributed by atoms with Crippen LogP contribution < -0.4 is 14.8 Å². The van der Waals surface area contributed by atoms with Crippen molar-refractivity contribution in [3.8, 4) is 11.5 Å². The molecule has 1 amide bonds. The van der Waals surface area contributed by atoms with E-state index in [1.807, 2.05) is 36.4 Å². The fraction of sp³-hybridized carbons (Fsp3) is 0.296. The normalized spacial score (nSPS) is 14.3. The van der Waals surface area contributed by atoms with Gasteiger partial charge in [0.2, 0.25) is 10.0 Å². The van der Waals surface area contributed by atoms with Crippen LogP contribution in [0.2, 0.25) is 0 Å². The summed E-state index contributed by atoms with van der Waals surface area (Å²) in [5.74, 6) is 0.951. The van der Waals surface area contributed by atoms with Gasteiger partial charge in [0.1, 0.15) is 24.7 Å². The molecular weight excluding hydrogens is 464 g/mol. The fourth-order valence-corrected chi connectivity index (χ4v) is 5.38. The van der Waals surface area contributed by atoms with Crippen molar-refractivity contribution in [1.29, 1.82) is 0 Å². The first-order valence-electron chi connectivity index (χ1n) is 11.8. The standard InChI is InChI=1S/C27H30N2O5S/c30-27(23-10-7-11-25(20-23)34-21-22-8-3-1-4-9-22)28-16-19-33-24-12-14-26(15-13-24)35(31,32)29-17-5-2-6-18-29/h1,3-4,7-15,20H,2,5-6,16-19,21H2,(H,28,30). The third kappa shape index (κ3) is 6.83. The summed E-state index contributed by atoms with van der Waals surface area (Å²) in [6, 6.07) is 23.3. The van der Waals surface area contributed by atoms with Crippen LogP contribution in [0.4, 0.5) is 0 Å². The Kier molecular flexibility index (Phi) is 8.39. The monoisotopic (exact) mass is 494 g/mol. The van der Waals surface area contributed by atoms with Gasteiger partial charge in [-0.1, -0.05) is 42.8 Å². The van der Waals surface area contributed by atoms with Crippen molar-refractivity contribution in [2.45, 2.75) is 30.8 Å². The van der Waals surface area contributed by atoms with Gasteiger partial charge in [0.05, 0.1) is 11.4 Å². The van der Waals surface area contributed by atoms with Crippen LogP contribution >= 0.6 is 0 Å². The van der Waals surface area contributed by atoms with Gasteiger partial charge in [0.25, 0.3) is 5.91 Å². The van der Waals surface area contributed by atoms with Gasteiger partial charge < -0.3 is 14.8 Å². The van der Waals surface area contributed by atoms with E-state index in [-0.39, 0.29) is 17.4 Å². The third-order valence-corrected chi connectivity index (χ3v) is 7.69. The minimum absolute atomic E-state index is 0.221. The zero-order valence-corrected chi connectivity index (χ0v) is 20.4. The van der Waals surface area contributed by atoms with E-state index in [0.717, 1.165) is 24.8 Å².